The average molecular weight is 408 g/mol. The second-order valence-electron chi connectivity index (χ2n) is 6.87. The normalized spacial score (nSPS) is 13.3. The zero-order chi connectivity index (χ0) is 21.3. The minimum absolute atomic E-state index is 0.165. The van der Waals surface area contributed by atoms with Gasteiger partial charge < -0.3 is 20.1 Å². The highest BCUT2D eigenvalue weighted by molar-refractivity contribution is 6.05. The van der Waals surface area contributed by atoms with E-state index in [1.807, 2.05) is 12.1 Å². The summed E-state index contributed by atoms with van der Waals surface area (Å²) in [6, 6.07) is 13.6. The van der Waals surface area contributed by atoms with E-state index in [9.17, 15) is 14.4 Å². The number of anilines is 1. The number of carbonyl (C=O) groups excluding carboxylic acids is 3. The summed E-state index contributed by atoms with van der Waals surface area (Å²) in [6.45, 7) is 2.87. The first-order valence-electron chi connectivity index (χ1n) is 9.74. The molecule has 0 aliphatic carbocycles. The summed E-state index contributed by atoms with van der Waals surface area (Å²) in [5, 5.41) is 5.72. The van der Waals surface area contributed by atoms with Crippen LogP contribution in [0.25, 0.3) is 0 Å². The predicted molar refractivity (Wildman–Crippen MR) is 112 cm³/mol. The Morgan fingerprint density at radius 1 is 1.07 bits per heavy atom. The number of hydrogen-bond acceptors (Lipinski definition) is 5. The van der Waals surface area contributed by atoms with Gasteiger partial charge in [0.25, 0.3) is 5.91 Å². The fourth-order valence-corrected chi connectivity index (χ4v) is 3.05. The third-order valence-electron chi connectivity index (χ3n) is 4.55. The smallest absolute Gasteiger partial charge is 0.308 e. The quantitative estimate of drug-likeness (QED) is 0.435. The summed E-state index contributed by atoms with van der Waals surface area (Å²) in [4.78, 5) is 36.0. The molecule has 3 rings (SSSR count). The van der Waals surface area contributed by atoms with Crippen LogP contribution >= 0.6 is 0 Å². The number of hydrogen-bond donors (Lipinski definition) is 2. The van der Waals surface area contributed by atoms with E-state index in [0.717, 1.165) is 24.0 Å². The molecule has 1 heterocycles. The maximum Gasteiger partial charge on any atom is 0.308 e. The van der Waals surface area contributed by atoms with Gasteiger partial charge in [-0.1, -0.05) is 29.8 Å². The van der Waals surface area contributed by atoms with Gasteiger partial charge in [0, 0.05) is 30.8 Å². The molecule has 7 nitrogen and oxygen atoms in total. The number of carbonyl (C=O) groups is 3. The number of rotatable bonds is 6. The van der Waals surface area contributed by atoms with Crippen LogP contribution in [-0.2, 0) is 20.9 Å². The Bertz CT molecular complexity index is 960. The molecule has 1 aliphatic rings. The number of para-hydroxylation sites is 1. The van der Waals surface area contributed by atoms with E-state index in [0.29, 0.717) is 30.2 Å². The highest BCUT2D eigenvalue weighted by Gasteiger charge is 2.12. The number of nitrogens with one attached hydrogen (secondary N) is 2. The first kappa shape index (κ1) is 21.3. The fraction of sp³-hybridized carbons (Fsp3) is 0.261. The highest BCUT2D eigenvalue weighted by Crippen LogP contribution is 2.19. The first-order valence-corrected chi connectivity index (χ1v) is 9.74. The van der Waals surface area contributed by atoms with E-state index in [1.165, 1.54) is 13.0 Å². The van der Waals surface area contributed by atoms with Gasteiger partial charge in [-0.25, -0.2) is 0 Å². The molecule has 0 spiro atoms. The second-order valence-corrected chi connectivity index (χ2v) is 6.87. The fourth-order valence-electron chi connectivity index (χ4n) is 3.05. The van der Waals surface area contributed by atoms with Crippen LogP contribution in [-0.4, -0.2) is 31.0 Å². The van der Waals surface area contributed by atoms with E-state index < -0.39 is 5.97 Å². The molecule has 1 fully saturated rings. The van der Waals surface area contributed by atoms with Crippen molar-refractivity contribution in [3.05, 3.63) is 71.3 Å². The van der Waals surface area contributed by atoms with Gasteiger partial charge in [0.1, 0.15) is 5.75 Å². The van der Waals surface area contributed by atoms with Crippen LogP contribution in [0.3, 0.4) is 0 Å². The summed E-state index contributed by atoms with van der Waals surface area (Å²) in [7, 11) is 0. The topological polar surface area (TPSA) is 93.7 Å². The maximum atomic E-state index is 12.6. The minimum Gasteiger partial charge on any atom is -0.427 e. The Labute approximate surface area is 175 Å². The highest BCUT2D eigenvalue weighted by atomic mass is 16.5. The van der Waals surface area contributed by atoms with Crippen molar-refractivity contribution in [2.24, 2.45) is 0 Å². The average Bonchev–Trinajstić information content (AvgIpc) is 2.73. The second kappa shape index (κ2) is 10.4. The summed E-state index contributed by atoms with van der Waals surface area (Å²) < 4.78 is 10.3. The SMILES string of the molecule is CC(=O)Oc1cccc(C(=O)Nc2ccccc2CNC(=O)C=C2CCOCC2)c1. The predicted octanol–water partition coefficient (Wildman–Crippen LogP) is 3.22. The van der Waals surface area contributed by atoms with E-state index >= 15 is 0 Å². The van der Waals surface area contributed by atoms with Crippen molar-refractivity contribution in [2.75, 3.05) is 18.5 Å². The molecule has 0 bridgehead atoms. The van der Waals surface area contributed by atoms with E-state index in [-0.39, 0.29) is 18.4 Å². The van der Waals surface area contributed by atoms with Crippen LogP contribution in [0.5, 0.6) is 5.75 Å². The lowest BCUT2D eigenvalue weighted by molar-refractivity contribution is -0.131. The Morgan fingerprint density at radius 3 is 2.60 bits per heavy atom. The molecule has 0 atom stereocenters. The van der Waals surface area contributed by atoms with E-state index in [1.54, 1.807) is 36.4 Å². The Morgan fingerprint density at radius 2 is 1.83 bits per heavy atom. The summed E-state index contributed by atoms with van der Waals surface area (Å²) in [6.07, 6.45) is 3.17. The molecule has 7 heteroatoms. The minimum atomic E-state index is -0.454. The van der Waals surface area contributed by atoms with Gasteiger partial charge in [-0.15, -0.1) is 0 Å². The molecule has 0 saturated carbocycles. The van der Waals surface area contributed by atoms with Crippen molar-refractivity contribution in [3.8, 4) is 5.75 Å². The molecule has 156 valence electrons. The molecule has 2 aromatic carbocycles. The molecule has 0 aromatic heterocycles. The van der Waals surface area contributed by atoms with Crippen LogP contribution < -0.4 is 15.4 Å². The monoisotopic (exact) mass is 408 g/mol. The molecule has 30 heavy (non-hydrogen) atoms. The molecule has 2 aromatic rings. The van der Waals surface area contributed by atoms with Crippen molar-refractivity contribution in [3.63, 3.8) is 0 Å². The zero-order valence-corrected chi connectivity index (χ0v) is 16.8. The van der Waals surface area contributed by atoms with Gasteiger partial charge in [-0.3, -0.25) is 14.4 Å². The molecule has 2 amide bonds. The van der Waals surface area contributed by atoms with Crippen LogP contribution in [0.2, 0.25) is 0 Å². The lowest BCUT2D eigenvalue weighted by Crippen LogP contribution is -2.23. The van der Waals surface area contributed by atoms with Crippen LogP contribution in [0.4, 0.5) is 5.69 Å². The van der Waals surface area contributed by atoms with Gasteiger partial charge >= 0.3 is 5.97 Å². The number of amides is 2. The van der Waals surface area contributed by atoms with Gasteiger partial charge in [-0.05, 0) is 42.7 Å². The lowest BCUT2D eigenvalue weighted by atomic mass is 10.1. The molecule has 0 unspecified atom stereocenters. The van der Waals surface area contributed by atoms with Crippen LogP contribution in [0.1, 0.15) is 35.7 Å². The number of benzene rings is 2. The Hall–Kier alpha value is -3.45. The summed E-state index contributed by atoms with van der Waals surface area (Å²) >= 11 is 0. The third kappa shape index (κ3) is 6.28. The van der Waals surface area contributed by atoms with Crippen molar-refractivity contribution in [1.29, 1.82) is 0 Å². The van der Waals surface area contributed by atoms with Gasteiger partial charge in [0.2, 0.25) is 5.91 Å². The Balaban J connectivity index is 1.64. The molecular formula is C23H24N2O5. The summed E-state index contributed by atoms with van der Waals surface area (Å²) in [5.41, 5.74) is 2.81. The standard InChI is InChI=1S/C23H24N2O5/c1-16(26)30-20-7-4-6-18(14-20)23(28)25-21-8-3-2-5-19(21)15-24-22(27)13-17-9-11-29-12-10-17/h2-8,13-14H,9-12,15H2,1H3,(H,24,27)(H,25,28). The summed E-state index contributed by atoms with van der Waals surface area (Å²) in [5.74, 6) is -0.657. The largest absolute Gasteiger partial charge is 0.427 e. The van der Waals surface area contributed by atoms with E-state index in [2.05, 4.69) is 10.6 Å². The van der Waals surface area contributed by atoms with Crippen molar-refractivity contribution < 1.29 is 23.9 Å². The molecule has 2 N–H and O–H groups in total. The maximum absolute atomic E-state index is 12.6. The van der Waals surface area contributed by atoms with Gasteiger partial charge in [0.15, 0.2) is 0 Å². The zero-order valence-electron chi connectivity index (χ0n) is 16.8. The van der Waals surface area contributed by atoms with Crippen LogP contribution in [0.15, 0.2) is 60.2 Å². The Kier molecular flexibility index (Phi) is 7.34. The third-order valence-corrected chi connectivity index (χ3v) is 4.55. The number of ether oxygens (including phenoxy) is 2. The van der Waals surface area contributed by atoms with Crippen LogP contribution in [0, 0.1) is 0 Å². The van der Waals surface area contributed by atoms with Crippen molar-refractivity contribution in [2.45, 2.75) is 26.3 Å². The molecule has 1 aliphatic heterocycles. The first-order chi connectivity index (χ1) is 14.5. The molecule has 1 saturated heterocycles. The van der Waals surface area contributed by atoms with Crippen molar-refractivity contribution in [1.82, 2.24) is 5.32 Å². The molecular weight excluding hydrogens is 384 g/mol. The lowest BCUT2D eigenvalue weighted by Gasteiger charge is -2.15. The van der Waals surface area contributed by atoms with Gasteiger partial charge in [0.05, 0.1) is 13.2 Å². The van der Waals surface area contributed by atoms with E-state index in [4.69, 9.17) is 9.47 Å². The number of esters is 1. The molecule has 0 radical (unpaired) electrons. The van der Waals surface area contributed by atoms with Gasteiger partial charge in [-0.2, -0.15) is 0 Å². The van der Waals surface area contributed by atoms with Crippen molar-refractivity contribution >= 4 is 23.5 Å².